The molecule has 3 N–H and O–H groups in total. The fourth-order valence-corrected chi connectivity index (χ4v) is 2.85. The van der Waals surface area contributed by atoms with Crippen molar-refractivity contribution in [2.45, 2.75) is 26.9 Å². The number of carbonyl (C=O) groups is 1. The number of hydrogen-bond acceptors (Lipinski definition) is 3. The number of carbonyl (C=O) groups excluding carboxylic acids is 1. The first-order valence-electron chi connectivity index (χ1n) is 8.12. The first-order chi connectivity index (χ1) is 11.7. The maximum absolute atomic E-state index is 12.0. The van der Waals surface area contributed by atoms with E-state index >= 15 is 0 Å². The lowest BCUT2D eigenvalue weighted by Crippen LogP contribution is -2.24. The number of amides is 1. The topological polar surface area (TPSA) is 70.2 Å². The molecule has 0 atom stereocenters. The molecule has 4 nitrogen and oxygen atoms in total. The molecule has 3 rings (SSSR count). The van der Waals surface area contributed by atoms with Crippen molar-refractivity contribution in [1.82, 2.24) is 4.90 Å². The molecule has 0 bridgehead atoms. The Kier molecular flexibility index (Phi) is 5.90. The largest absolute Gasteiger partial charge is 0.366 e. The van der Waals surface area contributed by atoms with Crippen molar-refractivity contribution >= 4 is 17.7 Å². The smallest absolute Gasteiger partial charge is 0.251 e. The average molecular weight is 321 g/mol. The van der Waals surface area contributed by atoms with Crippen molar-refractivity contribution in [2.75, 3.05) is 0 Å². The van der Waals surface area contributed by atoms with Crippen LogP contribution in [0.1, 0.15) is 30.5 Å². The van der Waals surface area contributed by atoms with Crippen LogP contribution in [0.2, 0.25) is 0 Å². The Hall–Kier alpha value is -2.88. The van der Waals surface area contributed by atoms with Gasteiger partial charge >= 0.3 is 0 Å². The van der Waals surface area contributed by atoms with Crippen molar-refractivity contribution in [3.05, 3.63) is 77.0 Å². The SMILES string of the molecule is CC.N=C/C(=C(\C(N)=O)c1ccccc1)N1Cc2ccccc2C1. The quantitative estimate of drug-likeness (QED) is 0.667. The second kappa shape index (κ2) is 8.11. The summed E-state index contributed by atoms with van der Waals surface area (Å²) in [5.74, 6) is -0.513. The average Bonchev–Trinajstić information content (AvgIpc) is 3.05. The molecule has 0 aromatic heterocycles. The van der Waals surface area contributed by atoms with Crippen LogP contribution in [0.25, 0.3) is 5.57 Å². The second-order valence-corrected chi connectivity index (χ2v) is 5.26. The monoisotopic (exact) mass is 321 g/mol. The zero-order valence-corrected chi connectivity index (χ0v) is 14.1. The molecule has 0 spiro atoms. The Labute approximate surface area is 143 Å². The van der Waals surface area contributed by atoms with Gasteiger partial charge in [-0.05, 0) is 16.7 Å². The molecule has 0 unspecified atom stereocenters. The Morgan fingerprint density at radius 1 is 1.00 bits per heavy atom. The first-order valence-corrected chi connectivity index (χ1v) is 8.12. The van der Waals surface area contributed by atoms with E-state index < -0.39 is 5.91 Å². The van der Waals surface area contributed by atoms with Crippen molar-refractivity contribution in [2.24, 2.45) is 5.73 Å². The van der Waals surface area contributed by atoms with E-state index in [0.29, 0.717) is 24.4 Å². The number of hydrogen-bond donors (Lipinski definition) is 2. The van der Waals surface area contributed by atoms with Crippen molar-refractivity contribution < 1.29 is 4.79 Å². The van der Waals surface area contributed by atoms with Gasteiger partial charge in [0.05, 0.1) is 11.3 Å². The summed E-state index contributed by atoms with van der Waals surface area (Å²) in [5, 5.41) is 7.77. The van der Waals surface area contributed by atoms with Gasteiger partial charge in [0.1, 0.15) is 0 Å². The molecular formula is C20H23N3O. The van der Waals surface area contributed by atoms with Crippen LogP contribution in [0.4, 0.5) is 0 Å². The van der Waals surface area contributed by atoms with Gasteiger partial charge in [-0.15, -0.1) is 0 Å². The fourth-order valence-electron chi connectivity index (χ4n) is 2.85. The minimum Gasteiger partial charge on any atom is -0.366 e. The Bertz CT molecular complexity index is 725. The number of nitrogens with two attached hydrogens (primary N) is 1. The van der Waals surface area contributed by atoms with Gasteiger partial charge in [0.2, 0.25) is 0 Å². The third-order valence-electron chi connectivity index (χ3n) is 3.88. The van der Waals surface area contributed by atoms with Gasteiger partial charge in [0, 0.05) is 19.3 Å². The maximum Gasteiger partial charge on any atom is 0.251 e. The number of primary amides is 1. The highest BCUT2D eigenvalue weighted by Crippen LogP contribution is 2.29. The first kappa shape index (κ1) is 17.5. The summed E-state index contributed by atoms with van der Waals surface area (Å²) in [4.78, 5) is 14.0. The number of rotatable bonds is 4. The predicted molar refractivity (Wildman–Crippen MR) is 98.4 cm³/mol. The van der Waals surface area contributed by atoms with Gasteiger partial charge in [0.15, 0.2) is 0 Å². The van der Waals surface area contributed by atoms with Crippen LogP contribution in [0.15, 0.2) is 60.3 Å². The lowest BCUT2D eigenvalue weighted by Gasteiger charge is -2.21. The van der Waals surface area contributed by atoms with Gasteiger partial charge in [-0.25, -0.2) is 0 Å². The van der Waals surface area contributed by atoms with E-state index in [1.54, 1.807) is 0 Å². The van der Waals surface area contributed by atoms with E-state index in [1.807, 2.05) is 61.2 Å². The third-order valence-corrected chi connectivity index (χ3v) is 3.88. The zero-order chi connectivity index (χ0) is 17.5. The maximum atomic E-state index is 12.0. The van der Waals surface area contributed by atoms with E-state index in [4.69, 9.17) is 11.1 Å². The Balaban J connectivity index is 0.00000100. The van der Waals surface area contributed by atoms with Crippen LogP contribution in [-0.4, -0.2) is 17.0 Å². The van der Waals surface area contributed by atoms with E-state index in [2.05, 4.69) is 12.1 Å². The lowest BCUT2D eigenvalue weighted by atomic mass is 10.0. The molecule has 124 valence electrons. The number of nitrogens with zero attached hydrogens (tertiary/aromatic N) is 1. The molecular weight excluding hydrogens is 298 g/mol. The standard InChI is InChI=1S/C18H17N3O.C2H6/c19-10-16(17(18(20)22)13-6-2-1-3-7-13)21-11-14-8-4-5-9-15(14)12-21;1-2/h1-10,19H,11-12H2,(H2,20,22);1-2H3/b17-16+,19-10?;. The van der Waals surface area contributed by atoms with Crippen LogP contribution in [0.5, 0.6) is 0 Å². The van der Waals surface area contributed by atoms with Crippen LogP contribution >= 0.6 is 0 Å². The number of allylic oxidation sites excluding steroid dienone is 1. The summed E-state index contributed by atoms with van der Waals surface area (Å²) >= 11 is 0. The van der Waals surface area contributed by atoms with Crippen LogP contribution in [-0.2, 0) is 17.9 Å². The molecule has 24 heavy (non-hydrogen) atoms. The molecule has 0 radical (unpaired) electrons. The summed E-state index contributed by atoms with van der Waals surface area (Å²) in [6.45, 7) is 5.37. The van der Waals surface area contributed by atoms with Crippen molar-refractivity contribution in [3.8, 4) is 0 Å². The molecule has 2 aromatic rings. The van der Waals surface area contributed by atoms with Crippen LogP contribution in [0.3, 0.4) is 0 Å². The molecule has 1 amide bonds. The Morgan fingerprint density at radius 3 is 1.96 bits per heavy atom. The van der Waals surface area contributed by atoms with Crippen LogP contribution < -0.4 is 5.73 Å². The van der Waals surface area contributed by atoms with Crippen molar-refractivity contribution in [1.29, 1.82) is 5.41 Å². The molecule has 1 heterocycles. The van der Waals surface area contributed by atoms with E-state index in [-0.39, 0.29) is 0 Å². The highest BCUT2D eigenvalue weighted by atomic mass is 16.1. The van der Waals surface area contributed by atoms with Gasteiger partial charge < -0.3 is 16.0 Å². The van der Waals surface area contributed by atoms with Gasteiger partial charge in [-0.3, -0.25) is 4.79 Å². The van der Waals surface area contributed by atoms with Gasteiger partial charge in [0.25, 0.3) is 5.91 Å². The third kappa shape index (κ3) is 3.54. The minimum atomic E-state index is -0.513. The van der Waals surface area contributed by atoms with Crippen molar-refractivity contribution in [3.63, 3.8) is 0 Å². The Morgan fingerprint density at radius 2 is 1.50 bits per heavy atom. The highest BCUT2D eigenvalue weighted by Gasteiger charge is 2.24. The summed E-state index contributed by atoms with van der Waals surface area (Å²) in [6.07, 6.45) is 1.22. The normalized spacial score (nSPS) is 13.3. The molecule has 4 heteroatoms. The molecule has 0 saturated heterocycles. The summed E-state index contributed by atoms with van der Waals surface area (Å²) in [5.41, 5.74) is 9.73. The number of benzene rings is 2. The molecule has 1 aliphatic rings. The molecule has 0 saturated carbocycles. The predicted octanol–water partition coefficient (Wildman–Crippen LogP) is 3.57. The molecule has 0 aliphatic carbocycles. The van der Waals surface area contributed by atoms with E-state index in [9.17, 15) is 4.79 Å². The van der Waals surface area contributed by atoms with Gasteiger partial charge in [-0.2, -0.15) is 0 Å². The lowest BCUT2D eigenvalue weighted by molar-refractivity contribution is -0.112. The summed E-state index contributed by atoms with van der Waals surface area (Å²) in [7, 11) is 0. The van der Waals surface area contributed by atoms with E-state index in [0.717, 1.165) is 5.56 Å². The summed E-state index contributed by atoms with van der Waals surface area (Å²) < 4.78 is 0. The number of fused-ring (bicyclic) bond motifs is 1. The summed E-state index contributed by atoms with van der Waals surface area (Å²) in [6, 6.07) is 17.4. The zero-order valence-electron chi connectivity index (χ0n) is 14.1. The second-order valence-electron chi connectivity index (χ2n) is 5.26. The molecule has 0 fully saturated rings. The number of nitrogens with one attached hydrogen (secondary N) is 1. The van der Waals surface area contributed by atoms with E-state index in [1.165, 1.54) is 17.3 Å². The van der Waals surface area contributed by atoms with Crippen LogP contribution in [0, 0.1) is 5.41 Å². The fraction of sp³-hybridized carbons (Fsp3) is 0.200. The van der Waals surface area contributed by atoms with Gasteiger partial charge in [-0.1, -0.05) is 68.4 Å². The molecule has 2 aromatic carbocycles. The minimum absolute atomic E-state index is 0.392. The molecule has 1 aliphatic heterocycles. The highest BCUT2D eigenvalue weighted by molar-refractivity contribution is 6.23.